The molecule has 0 unspecified atom stereocenters. The molecule has 2 aromatic rings. The highest BCUT2D eigenvalue weighted by Crippen LogP contribution is 2.47. The number of benzene rings is 2. The van der Waals surface area contributed by atoms with Gasteiger partial charge in [0, 0.05) is 9.79 Å². The smallest absolute Gasteiger partial charge is 0.366 e. The maximum absolute atomic E-state index is 13.5. The topological polar surface area (TPSA) is 86.2 Å². The van der Waals surface area contributed by atoms with Gasteiger partial charge in [-0.25, -0.2) is 0 Å². The summed E-state index contributed by atoms with van der Waals surface area (Å²) in [6.07, 6.45) is -6.55. The average Bonchev–Trinajstić information content (AvgIpc) is 2.78. The number of carbonyl (C=O) groups excluding carboxylic acids is 2. The second kappa shape index (κ2) is 12.3. The van der Waals surface area contributed by atoms with Crippen molar-refractivity contribution in [3.05, 3.63) is 57.6 Å². The van der Waals surface area contributed by atoms with Crippen LogP contribution in [0, 0.1) is 0 Å². The maximum Gasteiger partial charge on any atom is 0.416 e. The molecule has 0 aromatic heterocycles. The molecule has 0 aliphatic heterocycles. The van der Waals surface area contributed by atoms with E-state index in [-0.39, 0.29) is 44.9 Å². The van der Waals surface area contributed by atoms with Crippen LogP contribution < -0.4 is 11.5 Å². The Morgan fingerprint density at radius 2 is 1.03 bits per heavy atom. The van der Waals surface area contributed by atoms with Crippen molar-refractivity contribution in [1.82, 2.24) is 0 Å². The minimum atomic E-state index is -4.71. The molecule has 198 valence electrons. The van der Waals surface area contributed by atoms with Crippen molar-refractivity contribution >= 4 is 33.4 Å². The van der Waals surface area contributed by atoms with Crippen LogP contribution in [0.25, 0.3) is 0 Å². The zero-order valence-corrected chi connectivity index (χ0v) is 21.2. The van der Waals surface area contributed by atoms with Gasteiger partial charge >= 0.3 is 12.4 Å². The van der Waals surface area contributed by atoms with Gasteiger partial charge in [0.15, 0.2) is 0 Å². The lowest BCUT2D eigenvalue weighted by Crippen LogP contribution is -2.17. The molecule has 2 rings (SSSR count). The number of unbranched alkanes of at least 4 members (excludes halogenated alkanes) is 2. The molecule has 36 heavy (non-hydrogen) atoms. The standard InChI is InChI=1S/C24H26F6N2O2S2/c1-3-5-7-13-9-15(23(25,26)27)11-17(21(31)33)19(13)35-36-20-14(8-6-4-2)10-16(24(28,29)30)12-18(20)22(32)34/h9-12H,3-8H2,1-2H3,(H2,31,33)(H2,32,34). The largest absolute Gasteiger partial charge is 0.416 e. The number of carbonyl (C=O) groups is 2. The summed E-state index contributed by atoms with van der Waals surface area (Å²) in [6.45, 7) is 3.71. The van der Waals surface area contributed by atoms with Gasteiger partial charge in [0.2, 0.25) is 11.8 Å². The first-order chi connectivity index (χ1) is 16.7. The van der Waals surface area contributed by atoms with E-state index < -0.39 is 35.3 Å². The van der Waals surface area contributed by atoms with Crippen LogP contribution in [0.4, 0.5) is 26.3 Å². The van der Waals surface area contributed by atoms with E-state index in [4.69, 9.17) is 11.5 Å². The molecule has 0 aliphatic carbocycles. The summed E-state index contributed by atoms with van der Waals surface area (Å²) in [7, 11) is 1.75. The third-order valence-corrected chi connectivity index (χ3v) is 7.96. The summed E-state index contributed by atoms with van der Waals surface area (Å²) >= 11 is 0. The van der Waals surface area contributed by atoms with E-state index in [9.17, 15) is 35.9 Å². The highest BCUT2D eigenvalue weighted by atomic mass is 33.1. The second-order valence-corrected chi connectivity index (χ2v) is 10.3. The molecule has 4 N–H and O–H groups in total. The molecule has 12 heteroatoms. The van der Waals surface area contributed by atoms with Crippen molar-refractivity contribution < 1.29 is 35.9 Å². The fourth-order valence-corrected chi connectivity index (χ4v) is 6.34. The lowest BCUT2D eigenvalue weighted by molar-refractivity contribution is -0.138. The second-order valence-electron chi connectivity index (χ2n) is 8.12. The van der Waals surface area contributed by atoms with Gasteiger partial charge in [0.25, 0.3) is 0 Å². The highest BCUT2D eigenvalue weighted by Gasteiger charge is 2.34. The Balaban J connectivity index is 2.66. The van der Waals surface area contributed by atoms with Crippen LogP contribution in [0.1, 0.15) is 82.5 Å². The third kappa shape index (κ3) is 7.58. The van der Waals surface area contributed by atoms with Gasteiger partial charge < -0.3 is 11.5 Å². The number of rotatable bonds is 11. The molecular weight excluding hydrogens is 526 g/mol. The van der Waals surface area contributed by atoms with Gasteiger partial charge in [-0.2, -0.15) is 26.3 Å². The molecule has 0 radical (unpaired) electrons. The Bertz CT molecular complexity index is 1030. The Hall–Kier alpha value is -2.34. The zero-order valence-electron chi connectivity index (χ0n) is 19.6. The number of nitrogens with two attached hydrogens (primary N) is 2. The van der Waals surface area contributed by atoms with Crippen LogP contribution in [-0.4, -0.2) is 11.8 Å². The van der Waals surface area contributed by atoms with Crippen LogP contribution >= 0.6 is 21.6 Å². The van der Waals surface area contributed by atoms with E-state index in [0.717, 1.165) is 33.7 Å². The molecule has 0 saturated carbocycles. The monoisotopic (exact) mass is 552 g/mol. The van der Waals surface area contributed by atoms with Gasteiger partial charge in [-0.15, -0.1) is 0 Å². The van der Waals surface area contributed by atoms with Crippen molar-refractivity contribution in [2.45, 2.75) is 74.5 Å². The number of primary amides is 2. The third-order valence-electron chi connectivity index (χ3n) is 5.32. The van der Waals surface area contributed by atoms with Crippen molar-refractivity contribution in [2.24, 2.45) is 11.5 Å². The number of halogens is 6. The van der Waals surface area contributed by atoms with Crippen LogP contribution in [0.2, 0.25) is 0 Å². The molecule has 0 fully saturated rings. The molecule has 0 saturated heterocycles. The minimum absolute atomic E-state index is 0.172. The maximum atomic E-state index is 13.5. The average molecular weight is 553 g/mol. The molecule has 0 aliphatic rings. The Morgan fingerprint density at radius 3 is 1.28 bits per heavy atom. The van der Waals surface area contributed by atoms with Gasteiger partial charge in [0.1, 0.15) is 0 Å². The molecule has 0 heterocycles. The number of alkyl halides is 6. The van der Waals surface area contributed by atoms with Crippen molar-refractivity contribution in [1.29, 1.82) is 0 Å². The summed E-state index contributed by atoms with van der Waals surface area (Å²) in [5, 5.41) is 0. The molecule has 2 aromatic carbocycles. The van der Waals surface area contributed by atoms with Gasteiger partial charge in [0.05, 0.1) is 22.3 Å². The Kier molecular flexibility index (Phi) is 10.2. The van der Waals surface area contributed by atoms with Crippen LogP contribution in [0.3, 0.4) is 0 Å². The summed E-state index contributed by atoms with van der Waals surface area (Å²) < 4.78 is 80.7. The van der Waals surface area contributed by atoms with Gasteiger partial charge in [-0.3, -0.25) is 9.59 Å². The molecular formula is C24H26F6N2O2S2. The molecule has 0 spiro atoms. The van der Waals surface area contributed by atoms with E-state index in [2.05, 4.69) is 0 Å². The van der Waals surface area contributed by atoms with Crippen LogP contribution in [0.15, 0.2) is 34.1 Å². The van der Waals surface area contributed by atoms with Crippen molar-refractivity contribution in [2.75, 3.05) is 0 Å². The quantitative estimate of drug-likeness (QED) is 0.225. The number of amides is 2. The van der Waals surface area contributed by atoms with Gasteiger partial charge in [-0.1, -0.05) is 48.3 Å². The SMILES string of the molecule is CCCCc1cc(C(F)(F)F)cc(C(N)=O)c1SSc1c(CCCC)cc(C(F)(F)F)cc1C(N)=O. The van der Waals surface area contributed by atoms with E-state index in [1.165, 1.54) is 0 Å². The number of hydrogen-bond donors (Lipinski definition) is 2. The molecule has 2 amide bonds. The van der Waals surface area contributed by atoms with Crippen LogP contribution in [-0.2, 0) is 25.2 Å². The zero-order chi connectivity index (χ0) is 27.3. The van der Waals surface area contributed by atoms with E-state index >= 15 is 0 Å². The lowest BCUT2D eigenvalue weighted by Gasteiger charge is -2.19. The summed E-state index contributed by atoms with van der Waals surface area (Å²) in [4.78, 5) is 24.6. The predicted molar refractivity (Wildman–Crippen MR) is 129 cm³/mol. The fourth-order valence-electron chi connectivity index (χ4n) is 3.46. The first kappa shape index (κ1) is 29.9. The summed E-state index contributed by atoms with van der Waals surface area (Å²) in [5.74, 6) is -2.15. The highest BCUT2D eigenvalue weighted by molar-refractivity contribution is 8.76. The first-order valence-corrected chi connectivity index (χ1v) is 13.3. The first-order valence-electron chi connectivity index (χ1n) is 11.1. The number of aryl methyl sites for hydroxylation is 2. The minimum Gasteiger partial charge on any atom is -0.366 e. The van der Waals surface area contributed by atoms with Crippen LogP contribution in [0.5, 0.6) is 0 Å². The van der Waals surface area contributed by atoms with Crippen molar-refractivity contribution in [3.8, 4) is 0 Å². The Labute approximate surface area is 213 Å². The van der Waals surface area contributed by atoms with E-state index in [0.29, 0.717) is 37.8 Å². The Morgan fingerprint density at radius 1 is 0.694 bits per heavy atom. The summed E-state index contributed by atoms with van der Waals surface area (Å²) in [5.41, 5.74) is 8.54. The van der Waals surface area contributed by atoms with E-state index in [1.54, 1.807) is 0 Å². The molecule has 4 nitrogen and oxygen atoms in total. The normalized spacial score (nSPS) is 12.1. The lowest BCUT2D eigenvalue weighted by atomic mass is 10.0. The van der Waals surface area contributed by atoms with Gasteiger partial charge in [-0.05, 0) is 61.1 Å². The predicted octanol–water partition coefficient (Wildman–Crippen LogP) is 7.41. The number of hydrogen-bond acceptors (Lipinski definition) is 4. The molecule has 0 bridgehead atoms. The van der Waals surface area contributed by atoms with E-state index in [1.807, 2.05) is 13.8 Å². The molecule has 0 atom stereocenters. The summed E-state index contributed by atoms with van der Waals surface area (Å²) in [6, 6.07) is 3.23. The fraction of sp³-hybridized carbons (Fsp3) is 0.417. The van der Waals surface area contributed by atoms with Crippen molar-refractivity contribution in [3.63, 3.8) is 0 Å².